The molecule has 234 valence electrons. The van der Waals surface area contributed by atoms with Crippen LogP contribution in [0.2, 0.25) is 0 Å². The average Bonchev–Trinajstić information content (AvgIpc) is 3.06. The highest BCUT2D eigenvalue weighted by molar-refractivity contribution is 5.92. The van der Waals surface area contributed by atoms with Crippen molar-refractivity contribution in [2.75, 3.05) is 20.2 Å². The third-order valence-corrected chi connectivity index (χ3v) is 7.55. The van der Waals surface area contributed by atoms with Gasteiger partial charge in [0, 0.05) is 19.2 Å². The summed E-state index contributed by atoms with van der Waals surface area (Å²) in [6, 6.07) is 32.1. The maximum atomic E-state index is 14.5. The van der Waals surface area contributed by atoms with E-state index in [1.54, 1.807) is 12.1 Å². The number of phenols is 1. The number of benzene rings is 4. The molecule has 4 aromatic rings. The van der Waals surface area contributed by atoms with Gasteiger partial charge in [-0.1, -0.05) is 97.1 Å². The summed E-state index contributed by atoms with van der Waals surface area (Å²) in [5.41, 5.74) is 8.94. The molecule has 0 spiro atoms. The molecule has 0 bridgehead atoms. The number of nitrogens with two attached hydrogens (primary N) is 1. The second-order valence-corrected chi connectivity index (χ2v) is 10.6. The number of nitrogens with zero attached hydrogens (tertiary/aromatic N) is 1. The molecule has 0 aliphatic rings. The smallest absolute Gasteiger partial charge is 0.407 e. The topological polar surface area (TPSA) is 131 Å². The van der Waals surface area contributed by atoms with Crippen molar-refractivity contribution in [2.24, 2.45) is 5.73 Å². The van der Waals surface area contributed by atoms with Crippen molar-refractivity contribution >= 4 is 17.9 Å². The predicted molar refractivity (Wildman–Crippen MR) is 172 cm³/mol. The van der Waals surface area contributed by atoms with Crippen molar-refractivity contribution in [3.8, 4) is 11.5 Å². The van der Waals surface area contributed by atoms with E-state index in [-0.39, 0.29) is 44.2 Å². The largest absolute Gasteiger partial charge is 0.508 e. The summed E-state index contributed by atoms with van der Waals surface area (Å²) in [6.45, 7) is 0.478. The van der Waals surface area contributed by atoms with Crippen LogP contribution in [0.1, 0.15) is 41.0 Å². The Morgan fingerprint density at radius 1 is 0.867 bits per heavy atom. The van der Waals surface area contributed by atoms with Crippen LogP contribution in [0.3, 0.4) is 0 Å². The van der Waals surface area contributed by atoms with Gasteiger partial charge >= 0.3 is 6.09 Å². The summed E-state index contributed by atoms with van der Waals surface area (Å²) in [5.74, 6) is -1.11. The number of aromatic hydroxyl groups is 1. The van der Waals surface area contributed by atoms with E-state index in [0.29, 0.717) is 17.7 Å². The lowest BCUT2D eigenvalue weighted by Gasteiger charge is -2.33. The maximum absolute atomic E-state index is 14.5. The van der Waals surface area contributed by atoms with E-state index in [0.717, 1.165) is 16.7 Å². The van der Waals surface area contributed by atoms with Gasteiger partial charge in [-0.2, -0.15) is 0 Å². The fourth-order valence-electron chi connectivity index (χ4n) is 5.19. The van der Waals surface area contributed by atoms with E-state index in [1.807, 2.05) is 91.0 Å². The van der Waals surface area contributed by atoms with Gasteiger partial charge in [0.1, 0.15) is 24.1 Å². The van der Waals surface area contributed by atoms with Gasteiger partial charge in [-0.15, -0.1) is 0 Å². The summed E-state index contributed by atoms with van der Waals surface area (Å²) in [4.78, 5) is 41.2. The highest BCUT2D eigenvalue weighted by Crippen LogP contribution is 2.30. The van der Waals surface area contributed by atoms with E-state index >= 15 is 0 Å². The number of hydrogen-bond donors (Lipinski definition) is 3. The van der Waals surface area contributed by atoms with Crippen molar-refractivity contribution in [1.29, 1.82) is 0 Å². The van der Waals surface area contributed by atoms with Crippen molar-refractivity contribution in [3.63, 3.8) is 0 Å². The van der Waals surface area contributed by atoms with Crippen molar-refractivity contribution < 1.29 is 29.0 Å². The number of alkyl carbamates (subject to hydrolysis) is 1. The first-order valence-corrected chi connectivity index (χ1v) is 14.9. The summed E-state index contributed by atoms with van der Waals surface area (Å²) in [5, 5.41) is 13.3. The second-order valence-electron chi connectivity index (χ2n) is 10.6. The number of primary amides is 1. The standard InChI is InChI=1S/C36H39N3O6/c1-44-30-20-19-27(32(40)24-30)21-23-39(35(42)33(28-14-7-3-8-15-28)29-16-9-4-10-17-29)31(34(37)41)18-11-22-38-36(43)45-25-26-12-5-2-6-13-26/h2-10,12-17,19-20,24,31,33,40H,11,18,21-23,25H2,1H3,(H2,37,41)(H,38,43)/t31-/m1/s1. The van der Waals surface area contributed by atoms with E-state index in [2.05, 4.69) is 5.32 Å². The van der Waals surface area contributed by atoms with E-state index in [4.69, 9.17) is 15.2 Å². The highest BCUT2D eigenvalue weighted by Gasteiger charge is 2.34. The molecule has 0 aromatic heterocycles. The molecule has 4 aromatic carbocycles. The quantitative estimate of drug-likeness (QED) is 0.160. The Morgan fingerprint density at radius 3 is 2.02 bits per heavy atom. The number of amides is 3. The predicted octanol–water partition coefficient (Wildman–Crippen LogP) is 5.16. The number of carbonyl (C=O) groups is 3. The van der Waals surface area contributed by atoms with Crippen LogP contribution in [0.4, 0.5) is 4.79 Å². The molecule has 0 unspecified atom stereocenters. The molecule has 45 heavy (non-hydrogen) atoms. The number of hydrogen-bond acceptors (Lipinski definition) is 6. The molecular formula is C36H39N3O6. The third kappa shape index (κ3) is 9.34. The molecule has 0 heterocycles. The molecule has 1 atom stereocenters. The summed E-state index contributed by atoms with van der Waals surface area (Å²) >= 11 is 0. The van der Waals surface area contributed by atoms with Gasteiger partial charge in [-0.3, -0.25) is 9.59 Å². The first-order valence-electron chi connectivity index (χ1n) is 14.9. The highest BCUT2D eigenvalue weighted by atomic mass is 16.5. The van der Waals surface area contributed by atoms with Gasteiger partial charge < -0.3 is 30.5 Å². The Bertz CT molecular complexity index is 1490. The average molecular weight is 610 g/mol. The lowest BCUT2D eigenvalue weighted by atomic mass is 9.89. The van der Waals surface area contributed by atoms with Crippen molar-refractivity contribution in [2.45, 2.75) is 37.8 Å². The van der Waals surface area contributed by atoms with Crippen LogP contribution in [-0.2, 0) is 27.4 Å². The number of methoxy groups -OCH3 is 1. The second kappa shape index (κ2) is 16.5. The lowest BCUT2D eigenvalue weighted by molar-refractivity contribution is -0.140. The molecule has 0 fully saturated rings. The molecule has 9 nitrogen and oxygen atoms in total. The first kappa shape index (κ1) is 32.6. The normalized spacial score (nSPS) is 11.4. The summed E-state index contributed by atoms with van der Waals surface area (Å²) < 4.78 is 10.5. The number of nitrogens with one attached hydrogen (secondary N) is 1. The molecule has 4 N–H and O–H groups in total. The fourth-order valence-corrected chi connectivity index (χ4v) is 5.19. The van der Waals surface area contributed by atoms with Crippen LogP contribution in [0.25, 0.3) is 0 Å². The van der Waals surface area contributed by atoms with Gasteiger partial charge in [0.2, 0.25) is 11.8 Å². The van der Waals surface area contributed by atoms with Crippen LogP contribution in [0.5, 0.6) is 11.5 Å². The monoisotopic (exact) mass is 609 g/mol. The molecule has 3 amide bonds. The van der Waals surface area contributed by atoms with Crippen LogP contribution in [0, 0.1) is 0 Å². The zero-order chi connectivity index (χ0) is 32.0. The van der Waals surface area contributed by atoms with E-state index in [1.165, 1.54) is 18.1 Å². The zero-order valence-corrected chi connectivity index (χ0v) is 25.3. The van der Waals surface area contributed by atoms with Crippen LogP contribution in [-0.4, -0.2) is 54.2 Å². The summed E-state index contributed by atoms with van der Waals surface area (Å²) in [7, 11) is 1.51. The summed E-state index contributed by atoms with van der Waals surface area (Å²) in [6.07, 6.45) is 0.273. The Balaban J connectivity index is 1.53. The van der Waals surface area contributed by atoms with E-state index in [9.17, 15) is 19.5 Å². The minimum atomic E-state index is -0.963. The Kier molecular flexibility index (Phi) is 12.0. The molecule has 0 saturated heterocycles. The van der Waals surface area contributed by atoms with Gasteiger partial charge in [0.25, 0.3) is 0 Å². The maximum Gasteiger partial charge on any atom is 0.407 e. The van der Waals surface area contributed by atoms with Gasteiger partial charge in [0.15, 0.2) is 0 Å². The first-order chi connectivity index (χ1) is 21.9. The Morgan fingerprint density at radius 2 is 1.47 bits per heavy atom. The molecule has 0 radical (unpaired) electrons. The number of rotatable bonds is 15. The minimum absolute atomic E-state index is 0.0262. The van der Waals surface area contributed by atoms with E-state index < -0.39 is 24.0 Å². The van der Waals surface area contributed by atoms with Gasteiger partial charge in [-0.05, 0) is 47.6 Å². The Labute approximate surface area is 263 Å². The minimum Gasteiger partial charge on any atom is -0.508 e. The molecule has 0 saturated carbocycles. The molecule has 4 rings (SSSR count). The molecule has 9 heteroatoms. The SMILES string of the molecule is COc1ccc(CCN(C(=O)C(c2ccccc2)c2ccccc2)[C@H](CCCNC(=O)OCc2ccccc2)C(N)=O)c(O)c1. The van der Waals surface area contributed by atoms with Gasteiger partial charge in [0.05, 0.1) is 13.0 Å². The third-order valence-electron chi connectivity index (χ3n) is 7.55. The number of ether oxygens (including phenoxy) is 2. The van der Waals surface area contributed by atoms with Gasteiger partial charge in [-0.25, -0.2) is 4.79 Å². The number of phenolic OH excluding ortho intramolecular Hbond substituents is 1. The molecular weight excluding hydrogens is 570 g/mol. The van der Waals surface area contributed by atoms with Crippen molar-refractivity contribution in [3.05, 3.63) is 131 Å². The zero-order valence-electron chi connectivity index (χ0n) is 25.3. The molecule has 0 aliphatic heterocycles. The van der Waals surface area contributed by atoms with Crippen LogP contribution < -0.4 is 15.8 Å². The number of carbonyl (C=O) groups excluding carboxylic acids is 3. The molecule has 0 aliphatic carbocycles. The fraction of sp³-hybridized carbons (Fsp3) is 0.250. The van der Waals surface area contributed by atoms with Crippen molar-refractivity contribution in [1.82, 2.24) is 10.2 Å². The van der Waals surface area contributed by atoms with Crippen LogP contribution >= 0.6 is 0 Å². The lowest BCUT2D eigenvalue weighted by Crippen LogP contribution is -2.50. The Hall–Kier alpha value is -5.31. The van der Waals surface area contributed by atoms with Crippen LogP contribution in [0.15, 0.2) is 109 Å².